The van der Waals surface area contributed by atoms with Crippen LogP contribution in [0.2, 0.25) is 0 Å². The van der Waals surface area contributed by atoms with Crippen molar-refractivity contribution in [3.05, 3.63) is 119 Å². The molecule has 1 heteroatoms. The van der Waals surface area contributed by atoms with E-state index in [1.807, 2.05) is 0 Å². The molecule has 0 nitrogen and oxygen atoms in total. The van der Waals surface area contributed by atoms with E-state index in [9.17, 15) is 0 Å². The van der Waals surface area contributed by atoms with Crippen molar-refractivity contribution < 1.29 is 0 Å². The summed E-state index contributed by atoms with van der Waals surface area (Å²) < 4.78 is 1.62. The molecular weight excluding hydrogens is 379 g/mol. The van der Waals surface area contributed by atoms with Crippen molar-refractivity contribution in [3.63, 3.8) is 0 Å². The molecule has 0 saturated carbocycles. The number of hydrogen-bond donors (Lipinski definition) is 0. The first kappa shape index (κ1) is 15.9. The van der Waals surface area contributed by atoms with Crippen LogP contribution in [0, 0.1) is 0 Å². The number of fused-ring (bicyclic) bond motifs is 2. The Morgan fingerprint density at radius 1 is 0.692 bits per heavy atom. The Hall–Kier alpha value is -2.34. The van der Waals surface area contributed by atoms with Crippen molar-refractivity contribution in [1.82, 2.24) is 0 Å². The van der Waals surface area contributed by atoms with Crippen LogP contribution in [-0.2, 0) is 6.42 Å². The van der Waals surface area contributed by atoms with Crippen LogP contribution in [-0.4, -0.2) is 15.0 Å². The normalized spacial score (nSPS) is 18.8. The van der Waals surface area contributed by atoms with E-state index in [0.29, 0.717) is 19.8 Å². The molecule has 0 aromatic heterocycles. The van der Waals surface area contributed by atoms with Crippen molar-refractivity contribution in [3.8, 4) is 0 Å². The first-order chi connectivity index (χ1) is 12.9. The van der Waals surface area contributed by atoms with Crippen molar-refractivity contribution in [1.29, 1.82) is 0 Å². The number of rotatable bonds is 2. The molecule has 0 amide bonds. The number of allylic oxidation sites excluding steroid dienone is 3. The summed E-state index contributed by atoms with van der Waals surface area (Å²) in [5, 5.41) is 0. The maximum absolute atomic E-state index is 2.54. The third-order valence-electron chi connectivity index (χ3n) is 5.28. The summed E-state index contributed by atoms with van der Waals surface area (Å²) >= 11 is 0.422. The van der Waals surface area contributed by atoms with Gasteiger partial charge in [-0.3, -0.25) is 0 Å². The molecule has 1 heterocycles. The second-order valence-corrected chi connectivity index (χ2v) is 9.28. The molecule has 1 aliphatic carbocycles. The predicted molar refractivity (Wildman–Crippen MR) is 111 cm³/mol. The van der Waals surface area contributed by atoms with Gasteiger partial charge in [0, 0.05) is 0 Å². The van der Waals surface area contributed by atoms with Crippen molar-refractivity contribution in [2.75, 3.05) is 0 Å². The zero-order valence-electron chi connectivity index (χ0n) is 14.6. The van der Waals surface area contributed by atoms with E-state index in [1.54, 1.807) is 10.0 Å². The molecule has 1 aliphatic heterocycles. The van der Waals surface area contributed by atoms with Crippen molar-refractivity contribution in [2.45, 2.75) is 17.7 Å². The van der Waals surface area contributed by atoms with Gasteiger partial charge in [-0.15, -0.1) is 0 Å². The van der Waals surface area contributed by atoms with E-state index in [1.165, 1.54) is 27.8 Å². The second kappa shape index (κ2) is 6.76. The van der Waals surface area contributed by atoms with Gasteiger partial charge in [0.05, 0.1) is 0 Å². The van der Waals surface area contributed by atoms with Crippen molar-refractivity contribution >= 4 is 25.0 Å². The summed E-state index contributed by atoms with van der Waals surface area (Å²) in [5.74, 6) is 0. The van der Waals surface area contributed by atoms with Gasteiger partial charge >= 0.3 is 161 Å². The first-order valence-corrected chi connectivity index (χ1v) is 11.1. The molecule has 126 valence electrons. The first-order valence-electron chi connectivity index (χ1n) is 9.21. The molecule has 3 aromatic carbocycles. The summed E-state index contributed by atoms with van der Waals surface area (Å²) in [4.78, 5) is 0.504. The Morgan fingerprint density at radius 2 is 1.38 bits per heavy atom. The Labute approximate surface area is 161 Å². The second-order valence-electron chi connectivity index (χ2n) is 6.86. The van der Waals surface area contributed by atoms with Crippen LogP contribution >= 0.6 is 0 Å². The van der Waals surface area contributed by atoms with E-state index in [4.69, 9.17) is 0 Å². The fourth-order valence-electron chi connectivity index (χ4n) is 4.00. The number of benzene rings is 3. The van der Waals surface area contributed by atoms with Gasteiger partial charge in [-0.2, -0.15) is 0 Å². The summed E-state index contributed by atoms with van der Waals surface area (Å²) in [5.41, 5.74) is 8.86. The molecular formula is C25H20Se. The van der Waals surface area contributed by atoms with Gasteiger partial charge in [-0.05, 0) is 0 Å². The molecule has 1 atom stereocenters. The molecule has 0 fully saturated rings. The topological polar surface area (TPSA) is 0 Å². The number of aryl methyl sites for hydroxylation is 1. The Bertz CT molecular complexity index is 997. The Morgan fingerprint density at radius 3 is 2.19 bits per heavy atom. The average molecular weight is 399 g/mol. The zero-order chi connectivity index (χ0) is 17.3. The fraction of sp³-hybridized carbons (Fsp3) is 0.120. The average Bonchev–Trinajstić information content (AvgIpc) is 2.74. The zero-order valence-corrected chi connectivity index (χ0v) is 16.3. The molecule has 2 aliphatic rings. The molecule has 0 spiro atoms. The Kier molecular flexibility index (Phi) is 4.13. The minimum absolute atomic E-state index is 0.422. The van der Waals surface area contributed by atoms with Crippen LogP contribution in [0.3, 0.4) is 0 Å². The predicted octanol–water partition coefficient (Wildman–Crippen LogP) is 5.89. The maximum atomic E-state index is 2.54. The van der Waals surface area contributed by atoms with Crippen LogP contribution in [0.5, 0.6) is 0 Å². The molecule has 0 radical (unpaired) electrons. The molecule has 3 aromatic rings. The summed E-state index contributed by atoms with van der Waals surface area (Å²) in [7, 11) is 0. The quantitative estimate of drug-likeness (QED) is 0.472. The SMILES string of the molecule is C1=C(c2ccccc2)C2=C([Se]C1c1ccccc1)c1ccccc1CC2. The minimum atomic E-state index is 0.422. The van der Waals surface area contributed by atoms with Crippen LogP contribution < -0.4 is 0 Å². The summed E-state index contributed by atoms with van der Waals surface area (Å²) in [6, 6.07) is 31.0. The van der Waals surface area contributed by atoms with Gasteiger partial charge in [0.25, 0.3) is 0 Å². The van der Waals surface area contributed by atoms with Crippen LogP contribution in [0.15, 0.2) is 96.6 Å². The van der Waals surface area contributed by atoms with Gasteiger partial charge in [0.2, 0.25) is 0 Å². The molecule has 5 rings (SSSR count). The molecule has 0 bridgehead atoms. The third-order valence-corrected chi connectivity index (χ3v) is 8.14. The van der Waals surface area contributed by atoms with Crippen molar-refractivity contribution in [2.24, 2.45) is 0 Å². The molecule has 1 unspecified atom stereocenters. The fourth-order valence-corrected chi connectivity index (χ4v) is 7.00. The van der Waals surface area contributed by atoms with E-state index in [-0.39, 0.29) is 0 Å². The van der Waals surface area contributed by atoms with Gasteiger partial charge < -0.3 is 0 Å². The summed E-state index contributed by atoms with van der Waals surface area (Å²) in [6.07, 6.45) is 4.86. The van der Waals surface area contributed by atoms with Gasteiger partial charge in [-0.1, -0.05) is 0 Å². The molecule has 0 saturated heterocycles. The van der Waals surface area contributed by atoms with E-state index < -0.39 is 0 Å². The Balaban J connectivity index is 1.69. The van der Waals surface area contributed by atoms with Crippen LogP contribution in [0.1, 0.15) is 33.5 Å². The standard InChI is InChI=1S/C25H20Se/c1-3-9-18(10-4-1)23-17-24(20-12-5-2-6-13-20)26-25-21-14-8-7-11-19(21)15-16-22(23)25/h1-14,17,24H,15-16H2. The third kappa shape index (κ3) is 2.78. The van der Waals surface area contributed by atoms with Gasteiger partial charge in [-0.25, -0.2) is 0 Å². The van der Waals surface area contributed by atoms with E-state index in [0.717, 1.165) is 12.8 Å². The van der Waals surface area contributed by atoms with E-state index >= 15 is 0 Å². The molecule has 0 N–H and O–H groups in total. The molecule has 26 heavy (non-hydrogen) atoms. The van der Waals surface area contributed by atoms with E-state index in [2.05, 4.69) is 91.0 Å². The van der Waals surface area contributed by atoms with Crippen LogP contribution in [0.25, 0.3) is 10.0 Å². The van der Waals surface area contributed by atoms with Gasteiger partial charge in [0.1, 0.15) is 0 Å². The van der Waals surface area contributed by atoms with Gasteiger partial charge in [0.15, 0.2) is 0 Å². The summed E-state index contributed by atoms with van der Waals surface area (Å²) in [6.45, 7) is 0. The number of hydrogen-bond acceptors (Lipinski definition) is 0. The monoisotopic (exact) mass is 400 g/mol. The van der Waals surface area contributed by atoms with Crippen LogP contribution in [0.4, 0.5) is 0 Å².